The topological polar surface area (TPSA) is 32.3 Å². The second kappa shape index (κ2) is 4.26. The molecule has 0 radical (unpaired) electrons. The van der Waals surface area contributed by atoms with E-state index in [-0.39, 0.29) is 29.3 Å². The fourth-order valence-electron chi connectivity index (χ4n) is 3.65. The Hall–Kier alpha value is -1.49. The molecule has 1 N–H and O–H groups in total. The highest BCUT2D eigenvalue weighted by atomic mass is 19.1. The van der Waals surface area contributed by atoms with Crippen molar-refractivity contribution in [1.82, 2.24) is 10.2 Å². The van der Waals surface area contributed by atoms with Crippen LogP contribution >= 0.6 is 0 Å². The van der Waals surface area contributed by atoms with Crippen molar-refractivity contribution >= 4 is 5.91 Å². The monoisotopic (exact) mass is 294 g/mol. The third-order valence-electron chi connectivity index (χ3n) is 5.49. The van der Waals surface area contributed by atoms with Gasteiger partial charge in [-0.05, 0) is 23.0 Å². The first-order valence-electron chi connectivity index (χ1n) is 7.17. The van der Waals surface area contributed by atoms with Crippen molar-refractivity contribution in [1.29, 1.82) is 0 Å². The van der Waals surface area contributed by atoms with Crippen molar-refractivity contribution in [2.45, 2.75) is 39.9 Å². The van der Waals surface area contributed by atoms with Crippen LogP contribution < -0.4 is 5.32 Å². The van der Waals surface area contributed by atoms with Crippen LogP contribution in [-0.2, 0) is 4.79 Å². The lowest BCUT2D eigenvalue weighted by Crippen LogP contribution is -2.36. The zero-order valence-electron chi connectivity index (χ0n) is 12.7. The second-order valence-electron chi connectivity index (χ2n) is 7.10. The van der Waals surface area contributed by atoms with E-state index in [1.807, 2.05) is 0 Å². The van der Waals surface area contributed by atoms with Gasteiger partial charge in [0.25, 0.3) is 0 Å². The van der Waals surface area contributed by atoms with Gasteiger partial charge < -0.3 is 4.90 Å². The van der Waals surface area contributed by atoms with E-state index in [1.54, 1.807) is 4.90 Å². The Morgan fingerprint density at radius 3 is 2.33 bits per heavy atom. The van der Waals surface area contributed by atoms with Crippen LogP contribution in [0.1, 0.15) is 39.4 Å². The largest absolute Gasteiger partial charge is 0.318 e. The predicted molar refractivity (Wildman–Crippen MR) is 75.3 cm³/mol. The van der Waals surface area contributed by atoms with Crippen molar-refractivity contribution in [3.8, 4) is 0 Å². The number of hydrogen-bond donors (Lipinski definition) is 1. The number of rotatable bonds is 2. The molecule has 3 nitrogen and oxygen atoms in total. The molecule has 0 bridgehead atoms. The Morgan fingerprint density at radius 2 is 1.81 bits per heavy atom. The van der Waals surface area contributed by atoms with Gasteiger partial charge in [-0.3, -0.25) is 10.1 Å². The number of carbonyl (C=O) groups excluding carboxylic acids is 1. The standard InChI is InChI=1S/C16H20F2N2O/c1-15(2)14(16(15,3)4)20-12(21)8-19-13(20)10-6-5-9(17)7-11(10)18/h5-7,13-14,19H,8H2,1-4H3. The molecule has 2 fully saturated rings. The van der Waals surface area contributed by atoms with E-state index in [9.17, 15) is 13.6 Å². The summed E-state index contributed by atoms with van der Waals surface area (Å²) in [5, 5.41) is 3.04. The molecule has 5 heteroatoms. The number of halogens is 2. The predicted octanol–water partition coefficient (Wildman–Crippen LogP) is 2.83. The maximum Gasteiger partial charge on any atom is 0.238 e. The number of nitrogens with zero attached hydrogens (tertiary/aromatic N) is 1. The molecule has 1 unspecified atom stereocenters. The Kier molecular flexibility index (Phi) is 2.93. The van der Waals surface area contributed by atoms with Gasteiger partial charge in [-0.2, -0.15) is 0 Å². The second-order valence-corrected chi connectivity index (χ2v) is 7.10. The fourth-order valence-corrected chi connectivity index (χ4v) is 3.65. The molecule has 1 saturated heterocycles. The van der Waals surface area contributed by atoms with Gasteiger partial charge in [-0.15, -0.1) is 0 Å². The summed E-state index contributed by atoms with van der Waals surface area (Å²) >= 11 is 0. The first-order chi connectivity index (χ1) is 9.68. The van der Waals surface area contributed by atoms with Gasteiger partial charge in [-0.1, -0.05) is 27.7 Å². The lowest BCUT2D eigenvalue weighted by molar-refractivity contribution is -0.129. The van der Waals surface area contributed by atoms with Crippen molar-refractivity contribution in [3.05, 3.63) is 35.4 Å². The molecule has 1 aromatic rings. The van der Waals surface area contributed by atoms with E-state index in [0.29, 0.717) is 5.56 Å². The number of amides is 1. The molecular formula is C16H20F2N2O. The molecule has 0 aromatic heterocycles. The average molecular weight is 294 g/mol. The number of benzene rings is 1. The molecule has 1 aromatic carbocycles. The molecule has 1 heterocycles. The minimum atomic E-state index is -0.622. The third-order valence-corrected chi connectivity index (χ3v) is 5.49. The highest BCUT2D eigenvalue weighted by Crippen LogP contribution is 2.66. The fraction of sp³-hybridized carbons (Fsp3) is 0.562. The Morgan fingerprint density at radius 1 is 1.19 bits per heavy atom. The summed E-state index contributed by atoms with van der Waals surface area (Å²) in [7, 11) is 0. The van der Waals surface area contributed by atoms with Crippen LogP contribution in [0.3, 0.4) is 0 Å². The summed E-state index contributed by atoms with van der Waals surface area (Å²) < 4.78 is 27.1. The van der Waals surface area contributed by atoms with Crippen LogP contribution in [0.2, 0.25) is 0 Å². The number of nitrogens with one attached hydrogen (secondary N) is 1. The third kappa shape index (κ3) is 1.90. The van der Waals surface area contributed by atoms with Crippen molar-refractivity contribution < 1.29 is 13.6 Å². The van der Waals surface area contributed by atoms with Gasteiger partial charge in [0.05, 0.1) is 6.54 Å². The minimum absolute atomic E-state index is 0.0244. The van der Waals surface area contributed by atoms with Crippen molar-refractivity contribution in [3.63, 3.8) is 0 Å². The highest BCUT2D eigenvalue weighted by Gasteiger charge is 2.69. The van der Waals surface area contributed by atoms with Gasteiger partial charge in [-0.25, -0.2) is 8.78 Å². The maximum absolute atomic E-state index is 14.1. The Bertz CT molecular complexity index is 598. The summed E-state index contributed by atoms with van der Waals surface area (Å²) in [5.41, 5.74) is 0.271. The van der Waals surface area contributed by atoms with Gasteiger partial charge >= 0.3 is 0 Å². The zero-order valence-corrected chi connectivity index (χ0v) is 12.7. The summed E-state index contributed by atoms with van der Waals surface area (Å²) in [6.07, 6.45) is -0.524. The van der Waals surface area contributed by atoms with Gasteiger partial charge in [0.1, 0.15) is 17.8 Å². The molecule has 1 aliphatic heterocycles. The van der Waals surface area contributed by atoms with Crippen LogP contribution in [0.4, 0.5) is 8.78 Å². The van der Waals surface area contributed by atoms with E-state index in [0.717, 1.165) is 6.07 Å². The molecule has 2 aliphatic rings. The van der Waals surface area contributed by atoms with E-state index >= 15 is 0 Å². The highest BCUT2D eigenvalue weighted by molar-refractivity contribution is 5.82. The van der Waals surface area contributed by atoms with Crippen molar-refractivity contribution in [2.75, 3.05) is 6.54 Å². The summed E-state index contributed by atoms with van der Waals surface area (Å²) in [5.74, 6) is -1.27. The molecule has 114 valence electrons. The molecule has 0 spiro atoms. The van der Waals surface area contributed by atoms with Crippen LogP contribution in [-0.4, -0.2) is 23.4 Å². The lowest BCUT2D eigenvalue weighted by atomic mass is 10.0. The number of carbonyl (C=O) groups is 1. The Balaban J connectivity index is 1.98. The molecule has 3 rings (SSSR count). The van der Waals surface area contributed by atoms with Crippen LogP contribution in [0.5, 0.6) is 0 Å². The summed E-state index contributed by atoms with van der Waals surface area (Å²) in [4.78, 5) is 14.0. The van der Waals surface area contributed by atoms with Gasteiger partial charge in [0.2, 0.25) is 5.91 Å². The summed E-state index contributed by atoms with van der Waals surface area (Å²) in [6.45, 7) is 8.63. The smallest absolute Gasteiger partial charge is 0.238 e. The molecule has 1 saturated carbocycles. The SMILES string of the molecule is CC1(C)C(N2C(=O)CNC2c2ccc(F)cc2F)C1(C)C. The van der Waals surface area contributed by atoms with E-state index in [2.05, 4.69) is 33.0 Å². The molecule has 1 atom stereocenters. The van der Waals surface area contributed by atoms with E-state index in [4.69, 9.17) is 0 Å². The molecule has 1 aliphatic carbocycles. The molecular weight excluding hydrogens is 274 g/mol. The van der Waals surface area contributed by atoms with E-state index < -0.39 is 17.8 Å². The van der Waals surface area contributed by atoms with Crippen LogP contribution in [0.15, 0.2) is 18.2 Å². The average Bonchev–Trinajstić information content (AvgIpc) is 2.66. The first-order valence-corrected chi connectivity index (χ1v) is 7.17. The Labute approximate surface area is 123 Å². The number of hydrogen-bond acceptors (Lipinski definition) is 2. The molecule has 21 heavy (non-hydrogen) atoms. The van der Waals surface area contributed by atoms with Gasteiger partial charge in [0.15, 0.2) is 0 Å². The normalized spacial score (nSPS) is 27.2. The lowest BCUT2D eigenvalue weighted by Gasteiger charge is -2.27. The quantitative estimate of drug-likeness (QED) is 0.909. The van der Waals surface area contributed by atoms with Crippen LogP contribution in [0.25, 0.3) is 0 Å². The zero-order chi connectivity index (χ0) is 15.6. The summed E-state index contributed by atoms with van der Waals surface area (Å²) in [6, 6.07) is 3.55. The molecule has 1 amide bonds. The van der Waals surface area contributed by atoms with Crippen molar-refractivity contribution in [2.24, 2.45) is 10.8 Å². The first kappa shape index (κ1) is 14.4. The minimum Gasteiger partial charge on any atom is -0.318 e. The van der Waals surface area contributed by atoms with E-state index in [1.165, 1.54) is 12.1 Å². The van der Waals surface area contributed by atoms with Gasteiger partial charge in [0, 0.05) is 17.7 Å². The van der Waals surface area contributed by atoms with Crippen LogP contribution in [0, 0.1) is 22.5 Å². The maximum atomic E-state index is 14.1.